The molecule has 5 heteroatoms. The van der Waals surface area contributed by atoms with Gasteiger partial charge in [-0.25, -0.2) is 0 Å². The zero-order chi connectivity index (χ0) is 16.0. The molecule has 2 rings (SSSR count). The smallest absolute Gasteiger partial charge is 0.419 e. The van der Waals surface area contributed by atoms with E-state index < -0.39 is 11.7 Å². The van der Waals surface area contributed by atoms with Gasteiger partial charge in [0.05, 0.1) is 5.56 Å². The number of halogens is 3. The molecule has 0 amide bonds. The summed E-state index contributed by atoms with van der Waals surface area (Å²) in [6.45, 7) is 3.02. The first-order chi connectivity index (χ1) is 10.5. The Morgan fingerprint density at radius 3 is 2.36 bits per heavy atom. The summed E-state index contributed by atoms with van der Waals surface area (Å²) >= 11 is 0. The van der Waals surface area contributed by atoms with Crippen LogP contribution < -0.4 is 10.1 Å². The fraction of sp³-hybridized carbons (Fsp3) is 0.294. The maximum Gasteiger partial charge on any atom is 0.419 e. The Morgan fingerprint density at radius 1 is 1.00 bits per heavy atom. The van der Waals surface area contributed by atoms with Crippen molar-refractivity contribution in [2.75, 3.05) is 6.54 Å². The van der Waals surface area contributed by atoms with E-state index in [9.17, 15) is 13.2 Å². The minimum atomic E-state index is -4.44. The van der Waals surface area contributed by atoms with Gasteiger partial charge in [-0.3, -0.25) is 0 Å². The zero-order valence-corrected chi connectivity index (χ0v) is 12.3. The lowest BCUT2D eigenvalue weighted by Crippen LogP contribution is -2.16. The molecule has 0 fully saturated rings. The molecular weight excluding hydrogens is 291 g/mol. The van der Waals surface area contributed by atoms with Crippen LogP contribution in [0.25, 0.3) is 0 Å². The number of para-hydroxylation sites is 1. The second kappa shape index (κ2) is 7.31. The van der Waals surface area contributed by atoms with Gasteiger partial charge in [0.1, 0.15) is 12.4 Å². The van der Waals surface area contributed by atoms with Gasteiger partial charge in [0.15, 0.2) is 0 Å². The summed E-state index contributed by atoms with van der Waals surface area (Å²) in [5.41, 5.74) is 0.598. The van der Waals surface area contributed by atoms with Crippen molar-refractivity contribution in [2.24, 2.45) is 0 Å². The highest BCUT2D eigenvalue weighted by Gasteiger charge is 2.35. The molecular formula is C17H18F3NO. The van der Waals surface area contributed by atoms with Crippen molar-refractivity contribution < 1.29 is 17.9 Å². The summed E-state index contributed by atoms with van der Waals surface area (Å²) in [5, 5.41) is 3.03. The third kappa shape index (κ3) is 4.24. The second-order valence-electron chi connectivity index (χ2n) is 4.85. The Hall–Kier alpha value is -2.01. The van der Waals surface area contributed by atoms with E-state index in [0.29, 0.717) is 18.7 Å². The number of ether oxygens (including phenoxy) is 1. The van der Waals surface area contributed by atoms with Crippen molar-refractivity contribution in [1.82, 2.24) is 5.32 Å². The van der Waals surface area contributed by atoms with Gasteiger partial charge in [-0.15, -0.1) is 0 Å². The van der Waals surface area contributed by atoms with Crippen LogP contribution in [0.1, 0.15) is 23.6 Å². The standard InChI is InChI=1S/C17H18F3NO/c1-2-21-11-14-9-6-10-15(17(18,19)20)16(14)22-12-13-7-4-3-5-8-13/h3-10,21H,2,11-12H2,1H3. The summed E-state index contributed by atoms with van der Waals surface area (Å²) in [6, 6.07) is 13.3. The van der Waals surface area contributed by atoms with Crippen LogP contribution in [0.5, 0.6) is 5.75 Å². The predicted molar refractivity (Wildman–Crippen MR) is 79.6 cm³/mol. The first-order valence-corrected chi connectivity index (χ1v) is 7.09. The average Bonchev–Trinajstić information content (AvgIpc) is 2.51. The highest BCUT2D eigenvalue weighted by Crippen LogP contribution is 2.38. The van der Waals surface area contributed by atoms with E-state index in [4.69, 9.17) is 4.74 Å². The van der Waals surface area contributed by atoms with Crippen LogP contribution in [0.3, 0.4) is 0 Å². The average molecular weight is 309 g/mol. The predicted octanol–water partition coefficient (Wildman–Crippen LogP) is 4.39. The number of hydrogen-bond donors (Lipinski definition) is 1. The van der Waals surface area contributed by atoms with Crippen LogP contribution >= 0.6 is 0 Å². The van der Waals surface area contributed by atoms with E-state index in [1.54, 1.807) is 6.07 Å². The molecule has 0 saturated carbocycles. The van der Waals surface area contributed by atoms with E-state index in [0.717, 1.165) is 11.6 Å². The number of hydrogen-bond acceptors (Lipinski definition) is 2. The van der Waals surface area contributed by atoms with Crippen molar-refractivity contribution in [3.63, 3.8) is 0 Å². The van der Waals surface area contributed by atoms with E-state index >= 15 is 0 Å². The van der Waals surface area contributed by atoms with E-state index in [-0.39, 0.29) is 12.4 Å². The topological polar surface area (TPSA) is 21.3 Å². The molecule has 0 aromatic heterocycles. The minimum absolute atomic E-state index is 0.0974. The molecule has 118 valence electrons. The normalized spacial score (nSPS) is 11.5. The fourth-order valence-electron chi connectivity index (χ4n) is 2.11. The number of benzene rings is 2. The van der Waals surface area contributed by atoms with Crippen LogP contribution in [-0.4, -0.2) is 6.54 Å². The molecule has 2 nitrogen and oxygen atoms in total. The molecule has 0 aliphatic rings. The fourth-order valence-corrected chi connectivity index (χ4v) is 2.11. The van der Waals surface area contributed by atoms with E-state index in [1.807, 2.05) is 37.3 Å². The number of rotatable bonds is 6. The first-order valence-electron chi connectivity index (χ1n) is 7.09. The third-order valence-electron chi connectivity index (χ3n) is 3.19. The Morgan fingerprint density at radius 2 is 1.73 bits per heavy atom. The molecule has 2 aromatic carbocycles. The third-order valence-corrected chi connectivity index (χ3v) is 3.19. The van der Waals surface area contributed by atoms with Crippen LogP contribution in [0.2, 0.25) is 0 Å². The van der Waals surface area contributed by atoms with Gasteiger partial charge in [0.2, 0.25) is 0 Å². The lowest BCUT2D eigenvalue weighted by atomic mass is 10.1. The maximum atomic E-state index is 13.2. The first kappa shape index (κ1) is 16.4. The molecule has 0 spiro atoms. The van der Waals surface area contributed by atoms with Gasteiger partial charge >= 0.3 is 6.18 Å². The molecule has 2 aromatic rings. The summed E-state index contributed by atoms with van der Waals surface area (Å²) in [6.07, 6.45) is -4.44. The Balaban J connectivity index is 2.28. The van der Waals surface area contributed by atoms with Crippen LogP contribution in [0, 0.1) is 0 Å². The zero-order valence-electron chi connectivity index (χ0n) is 12.3. The summed E-state index contributed by atoms with van der Waals surface area (Å²) in [4.78, 5) is 0. The lowest BCUT2D eigenvalue weighted by molar-refractivity contribution is -0.139. The molecule has 0 atom stereocenters. The van der Waals surface area contributed by atoms with Gasteiger partial charge in [0, 0.05) is 12.1 Å². The van der Waals surface area contributed by atoms with Crippen LogP contribution in [0.4, 0.5) is 13.2 Å². The van der Waals surface area contributed by atoms with Gasteiger partial charge in [-0.1, -0.05) is 49.4 Å². The number of nitrogens with one attached hydrogen (secondary N) is 1. The molecule has 0 aliphatic heterocycles. The lowest BCUT2D eigenvalue weighted by Gasteiger charge is -2.18. The molecule has 0 saturated heterocycles. The monoisotopic (exact) mass is 309 g/mol. The van der Waals surface area contributed by atoms with Crippen LogP contribution in [-0.2, 0) is 19.3 Å². The molecule has 22 heavy (non-hydrogen) atoms. The maximum absolute atomic E-state index is 13.2. The molecule has 0 aliphatic carbocycles. The van der Waals surface area contributed by atoms with Crippen molar-refractivity contribution in [1.29, 1.82) is 0 Å². The minimum Gasteiger partial charge on any atom is -0.488 e. The molecule has 1 N–H and O–H groups in total. The van der Waals surface area contributed by atoms with Gasteiger partial charge in [-0.2, -0.15) is 13.2 Å². The Kier molecular flexibility index (Phi) is 5.44. The van der Waals surface area contributed by atoms with Crippen molar-refractivity contribution in [3.05, 3.63) is 65.2 Å². The second-order valence-corrected chi connectivity index (χ2v) is 4.85. The van der Waals surface area contributed by atoms with E-state index in [1.165, 1.54) is 6.07 Å². The van der Waals surface area contributed by atoms with Crippen LogP contribution in [0.15, 0.2) is 48.5 Å². The van der Waals surface area contributed by atoms with Gasteiger partial charge in [-0.05, 0) is 18.2 Å². The summed E-state index contributed by atoms with van der Waals surface area (Å²) in [5.74, 6) is -0.0974. The highest BCUT2D eigenvalue weighted by atomic mass is 19.4. The van der Waals surface area contributed by atoms with Crippen molar-refractivity contribution in [3.8, 4) is 5.75 Å². The molecule has 0 heterocycles. The molecule has 0 radical (unpaired) electrons. The Labute approximate surface area is 127 Å². The Bertz CT molecular complexity index is 597. The van der Waals surface area contributed by atoms with Gasteiger partial charge < -0.3 is 10.1 Å². The van der Waals surface area contributed by atoms with Crippen molar-refractivity contribution in [2.45, 2.75) is 26.3 Å². The summed E-state index contributed by atoms with van der Waals surface area (Å²) < 4.78 is 45.0. The summed E-state index contributed by atoms with van der Waals surface area (Å²) in [7, 11) is 0. The SMILES string of the molecule is CCNCc1cccc(C(F)(F)F)c1OCc1ccccc1. The van der Waals surface area contributed by atoms with Gasteiger partial charge in [0.25, 0.3) is 0 Å². The molecule has 0 bridgehead atoms. The van der Waals surface area contributed by atoms with E-state index in [2.05, 4.69) is 5.32 Å². The number of alkyl halides is 3. The molecule has 0 unspecified atom stereocenters. The van der Waals surface area contributed by atoms with Crippen molar-refractivity contribution >= 4 is 0 Å². The largest absolute Gasteiger partial charge is 0.488 e. The highest BCUT2D eigenvalue weighted by molar-refractivity contribution is 5.43. The quantitative estimate of drug-likeness (QED) is 0.854.